The molecule has 5 rings (SSSR count). The van der Waals surface area contributed by atoms with Gasteiger partial charge in [-0.05, 0) is 35.4 Å². The summed E-state index contributed by atoms with van der Waals surface area (Å²) in [6.45, 7) is 2.24. The van der Waals surface area contributed by atoms with Gasteiger partial charge >= 0.3 is 0 Å². The van der Waals surface area contributed by atoms with Crippen LogP contribution in [0.1, 0.15) is 5.56 Å². The zero-order valence-corrected chi connectivity index (χ0v) is 17.5. The molecule has 0 saturated carbocycles. The number of aromatic nitrogens is 1. The lowest BCUT2D eigenvalue weighted by Gasteiger charge is -2.35. The van der Waals surface area contributed by atoms with Gasteiger partial charge in [-0.15, -0.1) is 11.8 Å². The van der Waals surface area contributed by atoms with E-state index in [9.17, 15) is 0 Å². The van der Waals surface area contributed by atoms with Gasteiger partial charge in [-0.3, -0.25) is 14.9 Å². The average molecular weight is 414 g/mol. The van der Waals surface area contributed by atoms with Gasteiger partial charge in [0.1, 0.15) is 12.5 Å². The Bertz CT molecular complexity index is 1050. The number of allylic oxidation sites excluding steroid dienone is 4. The number of thioether (sulfide) groups is 1. The zero-order valence-electron chi connectivity index (χ0n) is 16.6. The maximum atomic E-state index is 6.24. The van der Waals surface area contributed by atoms with Crippen LogP contribution in [0.5, 0.6) is 0 Å². The molecule has 0 amide bonds. The van der Waals surface area contributed by atoms with E-state index in [-0.39, 0.29) is 5.92 Å². The molecular formula is C25H23N3OS. The smallest absolute Gasteiger partial charge is 0.148 e. The lowest BCUT2D eigenvalue weighted by molar-refractivity contribution is 0.0618. The third-order valence-electron chi connectivity index (χ3n) is 5.36. The number of rotatable bonds is 5. The molecule has 3 heterocycles. The predicted octanol–water partition coefficient (Wildman–Crippen LogP) is 5.00. The predicted molar refractivity (Wildman–Crippen MR) is 122 cm³/mol. The largest absolute Gasteiger partial charge is 0.476 e. The number of pyridine rings is 1. The second-order valence-electron chi connectivity index (χ2n) is 7.52. The summed E-state index contributed by atoms with van der Waals surface area (Å²) in [5.74, 6) is 2.05. The molecule has 0 fully saturated rings. The maximum Gasteiger partial charge on any atom is 0.148 e. The Morgan fingerprint density at radius 1 is 1.10 bits per heavy atom. The van der Waals surface area contributed by atoms with Gasteiger partial charge in [-0.2, -0.15) is 0 Å². The van der Waals surface area contributed by atoms with Crippen LogP contribution < -0.4 is 0 Å². The van der Waals surface area contributed by atoms with E-state index in [1.807, 2.05) is 42.5 Å². The van der Waals surface area contributed by atoms with Crippen LogP contribution in [0.15, 0.2) is 112 Å². The molecule has 0 N–H and O–H groups in total. The van der Waals surface area contributed by atoms with Crippen molar-refractivity contribution in [1.29, 1.82) is 0 Å². The summed E-state index contributed by atoms with van der Waals surface area (Å²) in [6.07, 6.45) is 14.2. The normalized spacial score (nSPS) is 20.6. The molecule has 1 atom stereocenters. The fourth-order valence-corrected chi connectivity index (χ4v) is 4.90. The topological polar surface area (TPSA) is 37.7 Å². The number of nitrogens with zero attached hydrogens (tertiary/aromatic N) is 3. The minimum atomic E-state index is 0.167. The quantitative estimate of drug-likeness (QED) is 0.647. The molecule has 1 aromatic heterocycles. The van der Waals surface area contributed by atoms with Crippen LogP contribution in [-0.4, -0.2) is 34.6 Å². The van der Waals surface area contributed by atoms with Crippen molar-refractivity contribution >= 4 is 17.5 Å². The van der Waals surface area contributed by atoms with Crippen LogP contribution in [0.3, 0.4) is 0 Å². The molecule has 0 saturated heterocycles. The SMILES string of the molecule is C1=CN=C2C3=C(C=C(CSc4ccccc4)C2C=C1)CN(Cc1cccnc1)CO3. The summed E-state index contributed by atoms with van der Waals surface area (Å²) in [5, 5.41) is 0. The van der Waals surface area contributed by atoms with E-state index in [1.165, 1.54) is 21.6 Å². The minimum Gasteiger partial charge on any atom is -0.476 e. The molecular weight excluding hydrogens is 390 g/mol. The monoisotopic (exact) mass is 413 g/mol. The first-order valence-electron chi connectivity index (χ1n) is 10.1. The van der Waals surface area contributed by atoms with E-state index in [0.717, 1.165) is 30.3 Å². The highest BCUT2D eigenvalue weighted by atomic mass is 32.2. The first-order chi connectivity index (χ1) is 14.9. The third kappa shape index (κ3) is 4.18. The summed E-state index contributed by atoms with van der Waals surface area (Å²) in [6, 6.07) is 14.7. The van der Waals surface area contributed by atoms with Crippen LogP contribution in [0, 0.1) is 5.92 Å². The summed E-state index contributed by atoms with van der Waals surface area (Å²) >= 11 is 1.87. The Kier molecular flexibility index (Phi) is 5.64. The van der Waals surface area contributed by atoms with Crippen molar-refractivity contribution < 1.29 is 4.74 Å². The molecule has 5 heteroatoms. The number of fused-ring (bicyclic) bond motifs is 2. The summed E-state index contributed by atoms with van der Waals surface area (Å²) in [4.78, 5) is 12.6. The number of ether oxygens (including phenoxy) is 1. The first-order valence-corrected chi connectivity index (χ1v) is 11.1. The fraction of sp³-hybridized carbons (Fsp3) is 0.200. The van der Waals surface area contributed by atoms with Crippen molar-refractivity contribution in [3.63, 3.8) is 0 Å². The molecule has 2 aromatic rings. The van der Waals surface area contributed by atoms with Gasteiger partial charge in [0.2, 0.25) is 0 Å². The van der Waals surface area contributed by atoms with E-state index < -0.39 is 0 Å². The lowest BCUT2D eigenvalue weighted by atomic mass is 9.85. The van der Waals surface area contributed by atoms with Gasteiger partial charge in [0.15, 0.2) is 0 Å². The fourth-order valence-electron chi connectivity index (χ4n) is 3.96. The van der Waals surface area contributed by atoms with E-state index >= 15 is 0 Å². The van der Waals surface area contributed by atoms with E-state index in [2.05, 4.69) is 64.5 Å². The Hall–Kier alpha value is -2.89. The second-order valence-corrected chi connectivity index (χ2v) is 8.56. The van der Waals surface area contributed by atoms with Crippen LogP contribution in [-0.2, 0) is 11.3 Å². The molecule has 0 spiro atoms. The molecule has 150 valence electrons. The van der Waals surface area contributed by atoms with Crippen molar-refractivity contribution in [3.05, 3.63) is 108 Å². The Morgan fingerprint density at radius 2 is 2.03 bits per heavy atom. The van der Waals surface area contributed by atoms with E-state index in [4.69, 9.17) is 9.73 Å². The molecule has 0 bridgehead atoms. The van der Waals surface area contributed by atoms with Gasteiger partial charge in [0.05, 0.1) is 5.71 Å². The standard InChI is InChI=1S/C25H23N3OS/c1-2-8-22(9-3-1)30-17-21-13-20-16-28(15-19-7-6-11-26-14-19)18-29-25(20)24-23(21)10-4-5-12-27-24/h1-14,23H,15-18H2. The molecule has 1 unspecified atom stereocenters. The number of aliphatic imine (C=N–C) groups is 1. The summed E-state index contributed by atoms with van der Waals surface area (Å²) in [5.41, 5.74) is 4.81. The molecule has 4 nitrogen and oxygen atoms in total. The third-order valence-corrected chi connectivity index (χ3v) is 6.44. The van der Waals surface area contributed by atoms with Crippen molar-refractivity contribution in [2.45, 2.75) is 11.4 Å². The molecule has 2 aliphatic heterocycles. The second kappa shape index (κ2) is 8.86. The summed E-state index contributed by atoms with van der Waals surface area (Å²) < 4.78 is 6.24. The highest BCUT2D eigenvalue weighted by Gasteiger charge is 2.33. The number of hydrogen-bond donors (Lipinski definition) is 0. The van der Waals surface area contributed by atoms with Crippen LogP contribution in [0.2, 0.25) is 0 Å². The van der Waals surface area contributed by atoms with Gasteiger partial charge < -0.3 is 4.74 Å². The molecule has 3 aliphatic rings. The van der Waals surface area contributed by atoms with Crippen LogP contribution in [0.25, 0.3) is 0 Å². The summed E-state index contributed by atoms with van der Waals surface area (Å²) in [7, 11) is 0. The van der Waals surface area contributed by atoms with Crippen molar-refractivity contribution in [3.8, 4) is 0 Å². The molecule has 1 aromatic carbocycles. The van der Waals surface area contributed by atoms with Crippen LogP contribution in [0.4, 0.5) is 0 Å². The van der Waals surface area contributed by atoms with Crippen molar-refractivity contribution in [2.75, 3.05) is 19.0 Å². The van der Waals surface area contributed by atoms with Gasteiger partial charge in [-0.1, -0.05) is 42.5 Å². The molecule has 1 aliphatic carbocycles. The van der Waals surface area contributed by atoms with Gasteiger partial charge in [-0.25, -0.2) is 0 Å². The Morgan fingerprint density at radius 3 is 2.90 bits per heavy atom. The van der Waals surface area contributed by atoms with Gasteiger partial charge in [0, 0.05) is 53.8 Å². The first kappa shape index (κ1) is 19.1. The van der Waals surface area contributed by atoms with E-state index in [1.54, 1.807) is 0 Å². The molecule has 30 heavy (non-hydrogen) atoms. The zero-order chi connectivity index (χ0) is 20.2. The Labute approximate surface area is 181 Å². The number of benzene rings is 1. The highest BCUT2D eigenvalue weighted by Crippen LogP contribution is 2.36. The average Bonchev–Trinajstić information content (AvgIpc) is 3.05. The number of hydrogen-bond acceptors (Lipinski definition) is 5. The van der Waals surface area contributed by atoms with Crippen LogP contribution >= 0.6 is 11.8 Å². The van der Waals surface area contributed by atoms with Gasteiger partial charge in [0.25, 0.3) is 0 Å². The van der Waals surface area contributed by atoms with E-state index in [0.29, 0.717) is 6.73 Å². The van der Waals surface area contributed by atoms with Crippen molar-refractivity contribution in [1.82, 2.24) is 9.88 Å². The Balaban J connectivity index is 1.40. The molecule has 0 radical (unpaired) electrons. The minimum absolute atomic E-state index is 0.167. The lowest BCUT2D eigenvalue weighted by Crippen LogP contribution is -2.37. The van der Waals surface area contributed by atoms with Crippen molar-refractivity contribution in [2.24, 2.45) is 10.9 Å². The highest BCUT2D eigenvalue weighted by molar-refractivity contribution is 7.99. The maximum absolute atomic E-state index is 6.24.